The van der Waals surface area contributed by atoms with Crippen LogP contribution in [0.1, 0.15) is 28.8 Å². The number of benzene rings is 1. The molecule has 0 aromatic heterocycles. The van der Waals surface area contributed by atoms with E-state index in [1.165, 1.54) is 7.11 Å². The Morgan fingerprint density at radius 2 is 2.17 bits per heavy atom. The second-order valence-electron chi connectivity index (χ2n) is 4.77. The molecule has 0 unspecified atom stereocenters. The molecule has 98 valence electrons. The summed E-state index contributed by atoms with van der Waals surface area (Å²) in [5.74, 6) is 0.261. The van der Waals surface area contributed by atoms with Crippen molar-refractivity contribution in [2.45, 2.75) is 25.5 Å². The number of nitrogens with one attached hydrogen (secondary N) is 1. The van der Waals surface area contributed by atoms with Crippen LogP contribution in [0.4, 0.5) is 0 Å². The molecule has 1 aromatic rings. The van der Waals surface area contributed by atoms with E-state index in [1.54, 1.807) is 6.07 Å². The SMILES string of the molecule is COC(=O)c1ccccc1CNCC1CC(O)C1. The summed E-state index contributed by atoms with van der Waals surface area (Å²) in [6.07, 6.45) is 1.65. The maximum absolute atomic E-state index is 11.6. The van der Waals surface area contributed by atoms with Gasteiger partial charge < -0.3 is 15.2 Å². The van der Waals surface area contributed by atoms with Crippen molar-refractivity contribution in [3.8, 4) is 0 Å². The predicted octanol–water partition coefficient (Wildman–Crippen LogP) is 1.33. The van der Waals surface area contributed by atoms with Gasteiger partial charge in [0.1, 0.15) is 0 Å². The molecule has 1 fully saturated rings. The van der Waals surface area contributed by atoms with Gasteiger partial charge in [0.25, 0.3) is 0 Å². The Hall–Kier alpha value is -1.39. The van der Waals surface area contributed by atoms with Gasteiger partial charge in [-0.3, -0.25) is 0 Å². The lowest BCUT2D eigenvalue weighted by molar-refractivity contribution is 0.0429. The first-order chi connectivity index (χ1) is 8.70. The van der Waals surface area contributed by atoms with Crippen molar-refractivity contribution in [3.05, 3.63) is 35.4 Å². The molecule has 0 spiro atoms. The van der Waals surface area contributed by atoms with Crippen molar-refractivity contribution < 1.29 is 14.6 Å². The zero-order chi connectivity index (χ0) is 13.0. The lowest BCUT2D eigenvalue weighted by atomic mass is 9.82. The van der Waals surface area contributed by atoms with Gasteiger partial charge in [0.05, 0.1) is 18.8 Å². The Morgan fingerprint density at radius 1 is 1.44 bits per heavy atom. The molecule has 4 nitrogen and oxygen atoms in total. The molecule has 1 aliphatic carbocycles. The van der Waals surface area contributed by atoms with Gasteiger partial charge in [-0.15, -0.1) is 0 Å². The summed E-state index contributed by atoms with van der Waals surface area (Å²) in [7, 11) is 1.39. The molecule has 18 heavy (non-hydrogen) atoms. The maximum atomic E-state index is 11.6. The van der Waals surface area contributed by atoms with Crippen LogP contribution in [0.5, 0.6) is 0 Å². The molecular formula is C14H19NO3. The number of hydrogen-bond acceptors (Lipinski definition) is 4. The fourth-order valence-electron chi connectivity index (χ4n) is 2.26. The van der Waals surface area contributed by atoms with Gasteiger partial charge in [-0.25, -0.2) is 4.79 Å². The summed E-state index contributed by atoms with van der Waals surface area (Å²) in [5, 5.41) is 12.5. The van der Waals surface area contributed by atoms with Crippen molar-refractivity contribution in [3.63, 3.8) is 0 Å². The van der Waals surface area contributed by atoms with Crippen molar-refractivity contribution in [2.75, 3.05) is 13.7 Å². The van der Waals surface area contributed by atoms with Crippen LogP contribution in [0.3, 0.4) is 0 Å². The monoisotopic (exact) mass is 249 g/mol. The van der Waals surface area contributed by atoms with Crippen molar-refractivity contribution >= 4 is 5.97 Å². The van der Waals surface area contributed by atoms with Crippen LogP contribution in [0.15, 0.2) is 24.3 Å². The number of rotatable bonds is 5. The molecule has 1 saturated carbocycles. The van der Waals surface area contributed by atoms with Crippen LogP contribution in [-0.4, -0.2) is 30.8 Å². The van der Waals surface area contributed by atoms with Gasteiger partial charge in [0.2, 0.25) is 0 Å². The minimum absolute atomic E-state index is 0.112. The van der Waals surface area contributed by atoms with Crippen molar-refractivity contribution in [1.29, 1.82) is 0 Å². The molecule has 0 amide bonds. The minimum Gasteiger partial charge on any atom is -0.465 e. The Kier molecular flexibility index (Phi) is 4.33. The van der Waals surface area contributed by atoms with Crippen LogP contribution in [0, 0.1) is 5.92 Å². The molecule has 0 atom stereocenters. The van der Waals surface area contributed by atoms with E-state index in [0.717, 1.165) is 24.9 Å². The highest BCUT2D eigenvalue weighted by molar-refractivity contribution is 5.90. The van der Waals surface area contributed by atoms with Gasteiger partial charge >= 0.3 is 5.97 Å². The first-order valence-electron chi connectivity index (χ1n) is 6.25. The molecule has 1 aliphatic rings. The summed E-state index contributed by atoms with van der Waals surface area (Å²) in [5.41, 5.74) is 1.56. The zero-order valence-electron chi connectivity index (χ0n) is 10.6. The van der Waals surface area contributed by atoms with E-state index in [0.29, 0.717) is 18.0 Å². The Balaban J connectivity index is 1.86. The average molecular weight is 249 g/mol. The number of aliphatic hydroxyl groups excluding tert-OH is 1. The van der Waals surface area contributed by atoms with E-state index in [2.05, 4.69) is 5.32 Å². The highest BCUT2D eigenvalue weighted by atomic mass is 16.5. The number of methoxy groups -OCH3 is 1. The zero-order valence-corrected chi connectivity index (χ0v) is 10.6. The minimum atomic E-state index is -0.300. The fraction of sp³-hybridized carbons (Fsp3) is 0.500. The molecule has 0 radical (unpaired) electrons. The van der Waals surface area contributed by atoms with Crippen LogP contribution >= 0.6 is 0 Å². The van der Waals surface area contributed by atoms with E-state index in [4.69, 9.17) is 4.74 Å². The summed E-state index contributed by atoms with van der Waals surface area (Å²) in [6, 6.07) is 7.44. The second kappa shape index (κ2) is 5.98. The Labute approximate surface area is 107 Å². The Bertz CT molecular complexity index is 413. The third-order valence-electron chi connectivity index (χ3n) is 3.38. The summed E-state index contributed by atoms with van der Waals surface area (Å²) in [6.45, 7) is 1.53. The van der Waals surface area contributed by atoms with Gasteiger partial charge in [0.15, 0.2) is 0 Å². The molecule has 0 bridgehead atoms. The Morgan fingerprint density at radius 3 is 2.83 bits per heavy atom. The molecule has 0 aliphatic heterocycles. The standard InChI is InChI=1S/C14H19NO3/c1-18-14(17)13-5-3-2-4-11(13)9-15-8-10-6-12(16)7-10/h2-5,10,12,15-16H,6-9H2,1H3. The first kappa shape index (κ1) is 13.1. The lowest BCUT2D eigenvalue weighted by Gasteiger charge is -2.31. The number of aliphatic hydroxyl groups is 1. The van der Waals surface area contributed by atoms with E-state index < -0.39 is 0 Å². The third-order valence-corrected chi connectivity index (χ3v) is 3.38. The van der Waals surface area contributed by atoms with Gasteiger partial charge in [0, 0.05) is 6.54 Å². The van der Waals surface area contributed by atoms with E-state index >= 15 is 0 Å². The molecule has 0 heterocycles. The van der Waals surface area contributed by atoms with Gasteiger partial charge in [-0.1, -0.05) is 18.2 Å². The van der Waals surface area contributed by atoms with Crippen molar-refractivity contribution in [2.24, 2.45) is 5.92 Å². The van der Waals surface area contributed by atoms with Crippen LogP contribution in [0.2, 0.25) is 0 Å². The van der Waals surface area contributed by atoms with E-state index in [1.807, 2.05) is 18.2 Å². The number of carbonyl (C=O) groups excluding carboxylic acids is 1. The van der Waals surface area contributed by atoms with Gasteiger partial charge in [-0.2, -0.15) is 0 Å². The molecule has 4 heteroatoms. The topological polar surface area (TPSA) is 58.6 Å². The lowest BCUT2D eigenvalue weighted by Crippen LogP contribution is -2.36. The molecule has 2 N–H and O–H groups in total. The molecule has 1 aromatic carbocycles. The van der Waals surface area contributed by atoms with E-state index in [9.17, 15) is 9.90 Å². The largest absolute Gasteiger partial charge is 0.465 e. The van der Waals surface area contributed by atoms with Crippen LogP contribution in [-0.2, 0) is 11.3 Å². The quantitative estimate of drug-likeness (QED) is 0.773. The number of hydrogen-bond donors (Lipinski definition) is 2. The molecular weight excluding hydrogens is 230 g/mol. The third kappa shape index (κ3) is 3.09. The van der Waals surface area contributed by atoms with Crippen molar-refractivity contribution in [1.82, 2.24) is 5.32 Å². The highest BCUT2D eigenvalue weighted by Crippen LogP contribution is 2.26. The normalized spacial score (nSPS) is 22.3. The average Bonchev–Trinajstić information content (AvgIpc) is 2.36. The highest BCUT2D eigenvalue weighted by Gasteiger charge is 2.26. The number of esters is 1. The fourth-order valence-corrected chi connectivity index (χ4v) is 2.26. The predicted molar refractivity (Wildman–Crippen MR) is 68.2 cm³/mol. The summed E-state index contributed by atoms with van der Waals surface area (Å²) < 4.78 is 4.75. The van der Waals surface area contributed by atoms with E-state index in [-0.39, 0.29) is 12.1 Å². The molecule has 2 rings (SSSR count). The summed E-state index contributed by atoms with van der Waals surface area (Å²) >= 11 is 0. The second-order valence-corrected chi connectivity index (χ2v) is 4.77. The van der Waals surface area contributed by atoms with Crippen LogP contribution in [0.25, 0.3) is 0 Å². The summed E-state index contributed by atoms with van der Waals surface area (Å²) in [4.78, 5) is 11.6. The number of carbonyl (C=O) groups is 1. The van der Waals surface area contributed by atoms with Gasteiger partial charge in [-0.05, 0) is 36.9 Å². The van der Waals surface area contributed by atoms with Crippen LogP contribution < -0.4 is 5.32 Å². The smallest absolute Gasteiger partial charge is 0.338 e. The first-order valence-corrected chi connectivity index (χ1v) is 6.25. The molecule has 0 saturated heterocycles. The number of ether oxygens (including phenoxy) is 1. The maximum Gasteiger partial charge on any atom is 0.338 e.